The second-order valence-corrected chi connectivity index (χ2v) is 4.49. The highest BCUT2D eigenvalue weighted by atomic mass is 16.1. The number of rotatable bonds is 12. The van der Waals surface area contributed by atoms with Gasteiger partial charge in [0, 0.05) is 0 Å². The molecule has 0 aliphatic heterocycles. The summed E-state index contributed by atoms with van der Waals surface area (Å²) in [5.41, 5.74) is 0. The van der Waals surface area contributed by atoms with Gasteiger partial charge in [-0.15, -0.1) is 0 Å². The van der Waals surface area contributed by atoms with Crippen molar-refractivity contribution in [3.05, 3.63) is 12.2 Å². The number of hydrogen-bond acceptors (Lipinski definition) is 1. The molecule has 1 heteroatoms. The molecule has 0 bridgehead atoms. The summed E-state index contributed by atoms with van der Waals surface area (Å²) < 4.78 is 0. The van der Waals surface area contributed by atoms with Crippen LogP contribution in [0.3, 0.4) is 0 Å². The van der Waals surface area contributed by atoms with E-state index in [0.29, 0.717) is 0 Å². The molecule has 0 aromatic carbocycles. The van der Waals surface area contributed by atoms with Crippen LogP contribution in [-0.4, -0.2) is 6.29 Å². The van der Waals surface area contributed by atoms with Gasteiger partial charge in [0.15, 0.2) is 0 Å². The zero-order valence-electron chi connectivity index (χ0n) is 10.8. The fourth-order valence-corrected chi connectivity index (χ4v) is 1.88. The summed E-state index contributed by atoms with van der Waals surface area (Å²) in [5, 5.41) is 0. The lowest BCUT2D eigenvalue weighted by atomic mass is 10.1. The van der Waals surface area contributed by atoms with Crippen LogP contribution in [0.15, 0.2) is 12.2 Å². The van der Waals surface area contributed by atoms with Crippen molar-refractivity contribution in [3.8, 4) is 0 Å². The Bertz CT molecular complexity index is 161. The second-order valence-electron chi connectivity index (χ2n) is 4.49. The van der Waals surface area contributed by atoms with Crippen LogP contribution in [0.2, 0.25) is 0 Å². The van der Waals surface area contributed by atoms with Crippen molar-refractivity contribution in [2.45, 2.75) is 77.6 Å². The molecule has 0 atom stereocenters. The molecular formula is C15H27O. The second kappa shape index (κ2) is 14.4. The van der Waals surface area contributed by atoms with Gasteiger partial charge in [-0.2, -0.15) is 0 Å². The molecule has 0 saturated heterocycles. The summed E-state index contributed by atoms with van der Waals surface area (Å²) in [5.74, 6) is 0. The molecule has 93 valence electrons. The molecule has 0 unspecified atom stereocenters. The zero-order chi connectivity index (χ0) is 11.9. The van der Waals surface area contributed by atoms with Crippen molar-refractivity contribution in [2.24, 2.45) is 0 Å². The average Bonchev–Trinajstić information content (AvgIpc) is 2.31. The minimum atomic E-state index is 1.03. The maximum atomic E-state index is 9.88. The van der Waals surface area contributed by atoms with Gasteiger partial charge in [0.25, 0.3) is 0 Å². The molecule has 1 radical (unpaired) electrons. The Morgan fingerprint density at radius 1 is 0.812 bits per heavy atom. The van der Waals surface area contributed by atoms with Crippen LogP contribution in [0, 0.1) is 0 Å². The molecule has 0 N–H and O–H groups in total. The Hall–Kier alpha value is -0.590. The van der Waals surface area contributed by atoms with Gasteiger partial charge in [-0.3, -0.25) is 4.79 Å². The molecule has 0 amide bonds. The molecule has 16 heavy (non-hydrogen) atoms. The SMILES string of the molecule is CCCCCCCCCCCCC=C[C]=O. The van der Waals surface area contributed by atoms with Gasteiger partial charge in [-0.25, -0.2) is 0 Å². The Labute approximate surface area is 101 Å². The van der Waals surface area contributed by atoms with Crippen LogP contribution in [0.25, 0.3) is 0 Å². The predicted molar refractivity (Wildman–Crippen MR) is 71.3 cm³/mol. The van der Waals surface area contributed by atoms with E-state index in [2.05, 4.69) is 6.92 Å². The highest BCUT2D eigenvalue weighted by Crippen LogP contribution is 2.11. The summed E-state index contributed by atoms with van der Waals surface area (Å²) in [6, 6.07) is 0. The molecule has 0 heterocycles. The maximum Gasteiger partial charge on any atom is 0.225 e. The highest BCUT2D eigenvalue weighted by molar-refractivity contribution is 5.65. The summed E-state index contributed by atoms with van der Waals surface area (Å²) in [7, 11) is 0. The van der Waals surface area contributed by atoms with Gasteiger partial charge in [0.2, 0.25) is 6.29 Å². The first-order chi connectivity index (χ1) is 7.91. The van der Waals surface area contributed by atoms with Crippen LogP contribution in [0.1, 0.15) is 77.6 Å². The number of unbranched alkanes of at least 4 members (excludes halogenated alkanes) is 10. The van der Waals surface area contributed by atoms with Crippen molar-refractivity contribution in [2.75, 3.05) is 0 Å². The Morgan fingerprint density at radius 3 is 1.81 bits per heavy atom. The van der Waals surface area contributed by atoms with Crippen LogP contribution in [0.5, 0.6) is 0 Å². The smallest absolute Gasteiger partial charge is 0.225 e. The standard InChI is InChI=1S/C15H27O/c1-2-3-4-5-6-7-8-9-10-11-12-13-14-15-16/h13-14H,2-12H2,1H3. The van der Waals surface area contributed by atoms with Crippen LogP contribution < -0.4 is 0 Å². The van der Waals surface area contributed by atoms with Crippen LogP contribution >= 0.6 is 0 Å². The van der Waals surface area contributed by atoms with Crippen molar-refractivity contribution in [1.29, 1.82) is 0 Å². The minimum absolute atomic E-state index is 1.03. The van der Waals surface area contributed by atoms with E-state index < -0.39 is 0 Å². The molecule has 0 rings (SSSR count). The lowest BCUT2D eigenvalue weighted by Crippen LogP contribution is -1.81. The molecular weight excluding hydrogens is 196 g/mol. The lowest BCUT2D eigenvalue weighted by molar-refractivity contribution is 0.557. The number of allylic oxidation sites excluding steroid dienone is 2. The monoisotopic (exact) mass is 223 g/mol. The maximum absolute atomic E-state index is 9.88. The first-order valence-electron chi connectivity index (χ1n) is 6.94. The first-order valence-corrected chi connectivity index (χ1v) is 6.94. The van der Waals surface area contributed by atoms with E-state index in [1.54, 1.807) is 6.29 Å². The zero-order valence-corrected chi connectivity index (χ0v) is 10.8. The van der Waals surface area contributed by atoms with Gasteiger partial charge in [0.1, 0.15) is 0 Å². The van der Waals surface area contributed by atoms with Crippen molar-refractivity contribution >= 4 is 6.29 Å². The van der Waals surface area contributed by atoms with Gasteiger partial charge < -0.3 is 0 Å². The molecule has 0 spiro atoms. The predicted octanol–water partition coefficient (Wildman–Crippen LogP) is 4.96. The lowest BCUT2D eigenvalue weighted by Gasteiger charge is -2.01. The number of hydrogen-bond donors (Lipinski definition) is 0. The Kier molecular flexibility index (Phi) is 13.9. The van der Waals surface area contributed by atoms with Crippen LogP contribution in [0.4, 0.5) is 0 Å². The third-order valence-corrected chi connectivity index (χ3v) is 2.91. The summed E-state index contributed by atoms with van der Waals surface area (Å²) in [6.07, 6.45) is 19.9. The Morgan fingerprint density at radius 2 is 1.31 bits per heavy atom. The first kappa shape index (κ1) is 15.4. The third kappa shape index (κ3) is 13.4. The van der Waals surface area contributed by atoms with E-state index >= 15 is 0 Å². The van der Waals surface area contributed by atoms with Gasteiger partial charge in [-0.1, -0.05) is 70.8 Å². The molecule has 1 nitrogen and oxygen atoms in total. The average molecular weight is 223 g/mol. The topological polar surface area (TPSA) is 17.1 Å². The van der Waals surface area contributed by atoms with Gasteiger partial charge in [0.05, 0.1) is 0 Å². The van der Waals surface area contributed by atoms with E-state index in [9.17, 15) is 4.79 Å². The fraction of sp³-hybridized carbons (Fsp3) is 0.800. The summed E-state index contributed by atoms with van der Waals surface area (Å²) in [4.78, 5) is 9.88. The fourth-order valence-electron chi connectivity index (χ4n) is 1.88. The van der Waals surface area contributed by atoms with Crippen LogP contribution in [-0.2, 0) is 4.79 Å². The molecule has 0 saturated carbocycles. The molecule has 0 aromatic heterocycles. The quantitative estimate of drug-likeness (QED) is 0.337. The molecule has 0 aromatic rings. The van der Waals surface area contributed by atoms with Gasteiger partial charge >= 0.3 is 0 Å². The minimum Gasteiger partial charge on any atom is -0.286 e. The van der Waals surface area contributed by atoms with E-state index in [0.717, 1.165) is 6.42 Å². The van der Waals surface area contributed by atoms with Crippen molar-refractivity contribution in [1.82, 2.24) is 0 Å². The summed E-state index contributed by atoms with van der Waals surface area (Å²) in [6.45, 7) is 2.26. The highest BCUT2D eigenvalue weighted by Gasteiger charge is 1.91. The largest absolute Gasteiger partial charge is 0.286 e. The summed E-state index contributed by atoms with van der Waals surface area (Å²) >= 11 is 0. The van der Waals surface area contributed by atoms with Crippen molar-refractivity contribution in [3.63, 3.8) is 0 Å². The molecule has 0 fully saturated rings. The van der Waals surface area contributed by atoms with E-state index in [1.165, 1.54) is 70.3 Å². The third-order valence-electron chi connectivity index (χ3n) is 2.91. The Balaban J connectivity index is 2.93. The van der Waals surface area contributed by atoms with Gasteiger partial charge in [-0.05, 0) is 18.9 Å². The van der Waals surface area contributed by atoms with E-state index in [1.807, 2.05) is 6.08 Å². The molecule has 0 aliphatic carbocycles. The normalized spacial score (nSPS) is 11.1. The molecule has 0 aliphatic rings. The number of carbonyl (C=O) groups excluding carboxylic acids is 1. The van der Waals surface area contributed by atoms with E-state index in [-0.39, 0.29) is 0 Å². The van der Waals surface area contributed by atoms with E-state index in [4.69, 9.17) is 0 Å². The van der Waals surface area contributed by atoms with Crippen molar-refractivity contribution < 1.29 is 4.79 Å².